The number of hydrogen-bond donors (Lipinski definition) is 1. The van der Waals surface area contributed by atoms with Crippen molar-refractivity contribution in [2.24, 2.45) is 0 Å². The van der Waals surface area contributed by atoms with Gasteiger partial charge in [-0.05, 0) is 51.7 Å². The molecule has 0 atom stereocenters. The molecule has 0 aliphatic rings. The summed E-state index contributed by atoms with van der Waals surface area (Å²) >= 11 is 0. The van der Waals surface area contributed by atoms with Gasteiger partial charge in [0.15, 0.2) is 0 Å². The summed E-state index contributed by atoms with van der Waals surface area (Å²) in [5, 5.41) is 8.49. The SMILES string of the molecule is Cc1nc2cc(COO)ccc2n1CCCN(C)C. The summed E-state index contributed by atoms with van der Waals surface area (Å²) in [6.45, 7) is 4.26. The van der Waals surface area contributed by atoms with Crippen molar-refractivity contribution < 1.29 is 10.1 Å². The summed E-state index contributed by atoms with van der Waals surface area (Å²) in [5.74, 6) is 1.02. The van der Waals surface area contributed by atoms with Gasteiger partial charge in [0, 0.05) is 6.54 Å². The van der Waals surface area contributed by atoms with Crippen LogP contribution in [-0.2, 0) is 18.0 Å². The lowest BCUT2D eigenvalue weighted by molar-refractivity contribution is -0.252. The lowest BCUT2D eigenvalue weighted by Gasteiger charge is -2.11. The summed E-state index contributed by atoms with van der Waals surface area (Å²) in [7, 11) is 4.17. The van der Waals surface area contributed by atoms with Crippen molar-refractivity contribution in [3.05, 3.63) is 29.6 Å². The van der Waals surface area contributed by atoms with E-state index in [0.717, 1.165) is 41.9 Å². The van der Waals surface area contributed by atoms with Crippen LogP contribution in [0.5, 0.6) is 0 Å². The lowest BCUT2D eigenvalue weighted by Crippen LogP contribution is -2.15. The molecule has 5 heteroatoms. The van der Waals surface area contributed by atoms with Crippen LogP contribution in [0.4, 0.5) is 0 Å². The van der Waals surface area contributed by atoms with Crippen molar-refractivity contribution >= 4 is 11.0 Å². The van der Waals surface area contributed by atoms with Crippen molar-refractivity contribution in [2.45, 2.75) is 26.5 Å². The number of benzene rings is 1. The van der Waals surface area contributed by atoms with Gasteiger partial charge in [-0.1, -0.05) is 6.07 Å². The van der Waals surface area contributed by atoms with Crippen LogP contribution in [0.3, 0.4) is 0 Å². The number of aromatic nitrogens is 2. The third-order valence-electron chi connectivity index (χ3n) is 3.22. The number of nitrogens with zero attached hydrogens (tertiary/aromatic N) is 3. The third-order valence-corrected chi connectivity index (χ3v) is 3.22. The van der Waals surface area contributed by atoms with Crippen LogP contribution in [-0.4, -0.2) is 40.3 Å². The minimum absolute atomic E-state index is 0.197. The zero-order valence-corrected chi connectivity index (χ0v) is 11.8. The maximum absolute atomic E-state index is 8.49. The number of hydrogen-bond acceptors (Lipinski definition) is 4. The topological polar surface area (TPSA) is 50.5 Å². The highest BCUT2D eigenvalue weighted by Crippen LogP contribution is 2.18. The molecule has 1 heterocycles. The Labute approximate surface area is 113 Å². The van der Waals surface area contributed by atoms with Gasteiger partial charge in [0.2, 0.25) is 0 Å². The molecule has 0 saturated carbocycles. The molecule has 0 amide bonds. The Balaban J connectivity index is 2.21. The Morgan fingerprint density at radius 3 is 2.84 bits per heavy atom. The van der Waals surface area contributed by atoms with E-state index in [1.807, 2.05) is 25.1 Å². The van der Waals surface area contributed by atoms with Gasteiger partial charge >= 0.3 is 0 Å². The Bertz CT molecular complexity index is 549. The fourth-order valence-electron chi connectivity index (χ4n) is 2.29. The van der Waals surface area contributed by atoms with Gasteiger partial charge in [-0.2, -0.15) is 0 Å². The molecule has 0 bridgehead atoms. The molecule has 0 aliphatic carbocycles. The van der Waals surface area contributed by atoms with E-state index in [-0.39, 0.29) is 6.61 Å². The molecule has 0 fully saturated rings. The quantitative estimate of drug-likeness (QED) is 0.641. The Hall–Kier alpha value is -1.43. The summed E-state index contributed by atoms with van der Waals surface area (Å²) < 4.78 is 2.24. The van der Waals surface area contributed by atoms with Crippen molar-refractivity contribution in [3.63, 3.8) is 0 Å². The maximum atomic E-state index is 8.49. The first-order valence-corrected chi connectivity index (χ1v) is 6.48. The number of rotatable bonds is 6. The van der Waals surface area contributed by atoms with Crippen LogP contribution < -0.4 is 0 Å². The average molecular weight is 263 g/mol. The zero-order chi connectivity index (χ0) is 13.8. The standard InChI is InChI=1S/C14H21N3O2/c1-11-15-13-9-12(10-19-18)5-6-14(13)17(11)8-4-7-16(2)3/h5-6,9,18H,4,7-8,10H2,1-3H3. The molecule has 19 heavy (non-hydrogen) atoms. The molecule has 1 aromatic carbocycles. The first-order chi connectivity index (χ1) is 9.11. The molecule has 0 radical (unpaired) electrons. The predicted molar refractivity (Wildman–Crippen MR) is 75.1 cm³/mol. The van der Waals surface area contributed by atoms with E-state index in [2.05, 4.69) is 33.4 Å². The number of aryl methyl sites for hydroxylation is 2. The predicted octanol–water partition coefficient (Wildman–Crippen LogP) is 2.29. The molecule has 0 aliphatic heterocycles. The Morgan fingerprint density at radius 2 is 2.16 bits per heavy atom. The van der Waals surface area contributed by atoms with Crippen molar-refractivity contribution in [3.8, 4) is 0 Å². The summed E-state index contributed by atoms with van der Waals surface area (Å²) in [4.78, 5) is 10.9. The normalized spacial score (nSPS) is 11.6. The van der Waals surface area contributed by atoms with Gasteiger partial charge in [-0.15, -0.1) is 0 Å². The van der Waals surface area contributed by atoms with Crippen LogP contribution in [0.15, 0.2) is 18.2 Å². The second-order valence-electron chi connectivity index (χ2n) is 5.06. The monoisotopic (exact) mass is 263 g/mol. The van der Waals surface area contributed by atoms with Crippen LogP contribution in [0, 0.1) is 6.92 Å². The van der Waals surface area contributed by atoms with E-state index in [1.54, 1.807) is 0 Å². The Morgan fingerprint density at radius 1 is 1.37 bits per heavy atom. The molecule has 0 unspecified atom stereocenters. The van der Waals surface area contributed by atoms with Gasteiger partial charge in [0.25, 0.3) is 0 Å². The molecule has 0 saturated heterocycles. The molecular formula is C14H21N3O2. The summed E-state index contributed by atoms with van der Waals surface area (Å²) in [6, 6.07) is 5.96. The maximum Gasteiger partial charge on any atom is 0.107 e. The van der Waals surface area contributed by atoms with E-state index in [1.165, 1.54) is 0 Å². The van der Waals surface area contributed by atoms with E-state index in [9.17, 15) is 0 Å². The van der Waals surface area contributed by atoms with Crippen LogP contribution in [0.1, 0.15) is 17.8 Å². The fraction of sp³-hybridized carbons (Fsp3) is 0.500. The molecule has 5 nitrogen and oxygen atoms in total. The second-order valence-corrected chi connectivity index (χ2v) is 5.06. The minimum Gasteiger partial charge on any atom is -0.328 e. The van der Waals surface area contributed by atoms with Gasteiger partial charge < -0.3 is 9.47 Å². The van der Waals surface area contributed by atoms with Crippen molar-refractivity contribution in [2.75, 3.05) is 20.6 Å². The van der Waals surface area contributed by atoms with Crippen LogP contribution in [0.25, 0.3) is 11.0 Å². The van der Waals surface area contributed by atoms with Gasteiger partial charge in [-0.3, -0.25) is 5.26 Å². The van der Waals surface area contributed by atoms with Gasteiger partial charge in [-0.25, -0.2) is 9.87 Å². The van der Waals surface area contributed by atoms with Gasteiger partial charge in [0.05, 0.1) is 11.0 Å². The largest absolute Gasteiger partial charge is 0.328 e. The minimum atomic E-state index is 0.197. The highest BCUT2D eigenvalue weighted by Gasteiger charge is 2.08. The third kappa shape index (κ3) is 3.32. The molecule has 104 valence electrons. The molecular weight excluding hydrogens is 242 g/mol. The first-order valence-electron chi connectivity index (χ1n) is 6.48. The van der Waals surface area contributed by atoms with E-state index in [0.29, 0.717) is 0 Å². The average Bonchev–Trinajstić information content (AvgIpc) is 2.65. The van der Waals surface area contributed by atoms with Crippen molar-refractivity contribution in [1.82, 2.24) is 14.5 Å². The van der Waals surface area contributed by atoms with E-state index in [4.69, 9.17) is 5.26 Å². The smallest absolute Gasteiger partial charge is 0.107 e. The van der Waals surface area contributed by atoms with Crippen LogP contribution in [0.2, 0.25) is 0 Å². The first kappa shape index (κ1) is 14.0. The van der Waals surface area contributed by atoms with E-state index >= 15 is 0 Å². The summed E-state index contributed by atoms with van der Waals surface area (Å²) in [5.41, 5.74) is 3.02. The zero-order valence-electron chi connectivity index (χ0n) is 11.8. The van der Waals surface area contributed by atoms with Gasteiger partial charge in [0.1, 0.15) is 12.4 Å². The van der Waals surface area contributed by atoms with Crippen LogP contribution >= 0.6 is 0 Å². The highest BCUT2D eigenvalue weighted by molar-refractivity contribution is 5.76. The molecule has 0 spiro atoms. The Kier molecular flexibility index (Phi) is 4.52. The molecule has 1 aromatic heterocycles. The molecule has 2 aromatic rings. The fourth-order valence-corrected chi connectivity index (χ4v) is 2.29. The molecule has 2 rings (SSSR count). The van der Waals surface area contributed by atoms with Crippen molar-refractivity contribution in [1.29, 1.82) is 0 Å². The number of imidazole rings is 1. The highest BCUT2D eigenvalue weighted by atomic mass is 17.1. The second kappa shape index (κ2) is 6.14. The summed E-state index contributed by atoms with van der Waals surface area (Å²) in [6.07, 6.45) is 1.10. The molecule has 1 N–H and O–H groups in total. The number of fused-ring (bicyclic) bond motifs is 1. The lowest BCUT2D eigenvalue weighted by atomic mass is 10.2. The van der Waals surface area contributed by atoms with E-state index < -0.39 is 0 Å².